The molecule has 5 heteroatoms. The van der Waals surface area contributed by atoms with Crippen LogP contribution in [0.5, 0.6) is 0 Å². The van der Waals surface area contributed by atoms with Gasteiger partial charge in [0.15, 0.2) is 0 Å². The Balaban J connectivity index is 2.07. The van der Waals surface area contributed by atoms with Gasteiger partial charge in [-0.3, -0.25) is 0 Å². The molecule has 0 amide bonds. The molecule has 0 unspecified atom stereocenters. The van der Waals surface area contributed by atoms with Gasteiger partial charge < -0.3 is 16.0 Å². The molecule has 1 aromatic carbocycles. The van der Waals surface area contributed by atoms with Crippen molar-refractivity contribution in [3.05, 3.63) is 29.0 Å². The van der Waals surface area contributed by atoms with Crippen LogP contribution in [0.3, 0.4) is 0 Å². The summed E-state index contributed by atoms with van der Waals surface area (Å²) in [6, 6.07) is 4.39. The third kappa shape index (κ3) is 3.62. The van der Waals surface area contributed by atoms with E-state index < -0.39 is 0 Å². The molecule has 2 rings (SSSR count). The average molecular weight is 300 g/mol. The van der Waals surface area contributed by atoms with Gasteiger partial charge in [0.05, 0.1) is 16.2 Å². The summed E-state index contributed by atoms with van der Waals surface area (Å²) in [4.78, 5) is 2.45. The van der Waals surface area contributed by atoms with E-state index in [-0.39, 0.29) is 11.4 Å². The first-order valence-electron chi connectivity index (χ1n) is 7.24. The van der Waals surface area contributed by atoms with Crippen LogP contribution in [-0.2, 0) is 0 Å². The molecule has 20 heavy (non-hydrogen) atoms. The van der Waals surface area contributed by atoms with Gasteiger partial charge in [0, 0.05) is 19.6 Å². The van der Waals surface area contributed by atoms with Gasteiger partial charge in [0.1, 0.15) is 5.82 Å². The molecule has 0 aromatic heterocycles. The maximum atomic E-state index is 13.4. The third-order valence-corrected chi connectivity index (χ3v) is 4.40. The third-order valence-electron chi connectivity index (χ3n) is 4.07. The maximum Gasteiger partial charge on any atom is 0.125 e. The highest BCUT2D eigenvalue weighted by molar-refractivity contribution is 6.33. The van der Waals surface area contributed by atoms with Gasteiger partial charge in [-0.05, 0) is 44.0 Å². The fourth-order valence-electron chi connectivity index (χ4n) is 2.78. The van der Waals surface area contributed by atoms with Gasteiger partial charge >= 0.3 is 0 Å². The average Bonchev–Trinajstić information content (AvgIpc) is 2.45. The van der Waals surface area contributed by atoms with Crippen molar-refractivity contribution >= 4 is 17.3 Å². The number of halogens is 2. The van der Waals surface area contributed by atoms with Crippen LogP contribution in [-0.4, -0.2) is 36.6 Å². The first kappa shape index (κ1) is 15.5. The Hall–Kier alpha value is -0.840. The van der Waals surface area contributed by atoms with Crippen LogP contribution in [0.15, 0.2) is 18.2 Å². The van der Waals surface area contributed by atoms with Crippen molar-refractivity contribution in [3.63, 3.8) is 0 Å². The Morgan fingerprint density at radius 2 is 2.10 bits per heavy atom. The predicted molar refractivity (Wildman–Crippen MR) is 82.8 cm³/mol. The Bertz CT molecular complexity index is 445. The normalized spacial score (nSPS) is 19.0. The minimum absolute atomic E-state index is 0.179. The Kier molecular flexibility index (Phi) is 5.24. The van der Waals surface area contributed by atoms with E-state index in [0.717, 1.165) is 32.5 Å². The number of hydrogen-bond donors (Lipinski definition) is 2. The monoisotopic (exact) mass is 299 g/mol. The molecular formula is C15H23ClFN3. The van der Waals surface area contributed by atoms with Gasteiger partial charge in [-0.25, -0.2) is 4.39 Å². The zero-order valence-corrected chi connectivity index (χ0v) is 12.7. The Labute approximate surface area is 125 Å². The summed E-state index contributed by atoms with van der Waals surface area (Å²) in [6.45, 7) is 5.88. The molecule has 3 N–H and O–H groups in total. The van der Waals surface area contributed by atoms with Gasteiger partial charge in [0.25, 0.3) is 0 Å². The molecule has 112 valence electrons. The van der Waals surface area contributed by atoms with Crippen molar-refractivity contribution < 1.29 is 4.39 Å². The predicted octanol–water partition coefficient (Wildman–Crippen LogP) is 3.09. The lowest BCUT2D eigenvalue weighted by molar-refractivity contribution is 0.177. The van der Waals surface area contributed by atoms with E-state index in [2.05, 4.69) is 17.1 Å². The van der Waals surface area contributed by atoms with E-state index >= 15 is 0 Å². The number of piperidine rings is 1. The van der Waals surface area contributed by atoms with Gasteiger partial charge in [-0.15, -0.1) is 0 Å². The SMILES string of the molecule is CCCN1CCC(CN)(Nc2cc(F)ccc2Cl)CC1. The largest absolute Gasteiger partial charge is 0.377 e. The van der Waals surface area contributed by atoms with E-state index in [0.29, 0.717) is 17.3 Å². The molecule has 0 aliphatic carbocycles. The second kappa shape index (κ2) is 6.74. The van der Waals surface area contributed by atoms with Crippen LogP contribution in [0.2, 0.25) is 5.02 Å². The summed E-state index contributed by atoms with van der Waals surface area (Å²) in [5, 5.41) is 3.93. The number of nitrogens with one attached hydrogen (secondary N) is 1. The van der Waals surface area contributed by atoms with E-state index in [1.54, 1.807) is 6.07 Å². The van der Waals surface area contributed by atoms with Crippen LogP contribution in [0.4, 0.5) is 10.1 Å². The summed E-state index contributed by atoms with van der Waals surface area (Å²) < 4.78 is 13.4. The van der Waals surface area contributed by atoms with Crippen molar-refractivity contribution in [1.82, 2.24) is 4.90 Å². The molecule has 1 fully saturated rings. The summed E-state index contributed by atoms with van der Waals surface area (Å²) in [7, 11) is 0. The zero-order valence-electron chi connectivity index (χ0n) is 12.0. The van der Waals surface area contributed by atoms with Crippen LogP contribution < -0.4 is 11.1 Å². The fourth-order valence-corrected chi connectivity index (χ4v) is 2.94. The summed E-state index contributed by atoms with van der Waals surface area (Å²) in [5.41, 5.74) is 6.44. The molecule has 3 nitrogen and oxygen atoms in total. The van der Waals surface area contributed by atoms with Crippen LogP contribution >= 0.6 is 11.6 Å². The smallest absolute Gasteiger partial charge is 0.125 e. The first-order valence-corrected chi connectivity index (χ1v) is 7.62. The van der Waals surface area contributed by atoms with Crippen LogP contribution in [0.25, 0.3) is 0 Å². The highest BCUT2D eigenvalue weighted by Crippen LogP contribution is 2.30. The van der Waals surface area contributed by atoms with E-state index in [1.165, 1.54) is 18.6 Å². The maximum absolute atomic E-state index is 13.4. The number of rotatable bonds is 5. The topological polar surface area (TPSA) is 41.3 Å². The van der Waals surface area contributed by atoms with E-state index in [1.807, 2.05) is 0 Å². The lowest BCUT2D eigenvalue weighted by Gasteiger charge is -2.42. The highest BCUT2D eigenvalue weighted by atomic mass is 35.5. The van der Waals surface area contributed by atoms with Crippen molar-refractivity contribution in [2.45, 2.75) is 31.7 Å². The van der Waals surface area contributed by atoms with Gasteiger partial charge in [-0.1, -0.05) is 18.5 Å². The van der Waals surface area contributed by atoms with Crippen LogP contribution in [0.1, 0.15) is 26.2 Å². The molecule has 1 aliphatic heterocycles. The lowest BCUT2D eigenvalue weighted by Crippen LogP contribution is -2.53. The number of likely N-dealkylation sites (tertiary alicyclic amines) is 1. The minimum Gasteiger partial charge on any atom is -0.377 e. The number of hydrogen-bond acceptors (Lipinski definition) is 3. The molecule has 1 aromatic rings. The molecule has 0 atom stereocenters. The quantitative estimate of drug-likeness (QED) is 0.878. The van der Waals surface area contributed by atoms with E-state index in [9.17, 15) is 4.39 Å². The molecule has 0 spiro atoms. The number of nitrogens with zero attached hydrogens (tertiary/aromatic N) is 1. The van der Waals surface area contributed by atoms with Crippen molar-refractivity contribution in [1.29, 1.82) is 0 Å². The van der Waals surface area contributed by atoms with Crippen molar-refractivity contribution in [3.8, 4) is 0 Å². The zero-order chi connectivity index (χ0) is 14.6. The first-order chi connectivity index (χ1) is 9.58. The van der Waals surface area contributed by atoms with Crippen LogP contribution in [0, 0.1) is 5.82 Å². The number of nitrogens with two attached hydrogens (primary N) is 1. The van der Waals surface area contributed by atoms with Gasteiger partial charge in [-0.2, -0.15) is 0 Å². The minimum atomic E-state index is -0.285. The molecule has 0 bridgehead atoms. The molecule has 0 radical (unpaired) electrons. The number of benzene rings is 1. The lowest BCUT2D eigenvalue weighted by atomic mass is 9.87. The molecule has 0 saturated carbocycles. The van der Waals surface area contributed by atoms with Crippen molar-refractivity contribution in [2.75, 3.05) is 31.5 Å². The standard InChI is InChI=1S/C15H23ClFN3/c1-2-7-20-8-5-15(11-18,6-9-20)19-14-10-12(17)3-4-13(14)16/h3-4,10,19H,2,5-9,11,18H2,1H3. The van der Waals surface area contributed by atoms with Crippen molar-refractivity contribution in [2.24, 2.45) is 5.73 Å². The molecule has 1 aliphatic rings. The Morgan fingerprint density at radius 3 is 2.70 bits per heavy atom. The molecular weight excluding hydrogens is 277 g/mol. The summed E-state index contributed by atoms with van der Waals surface area (Å²) in [5.74, 6) is -0.285. The number of anilines is 1. The summed E-state index contributed by atoms with van der Waals surface area (Å²) >= 11 is 6.13. The van der Waals surface area contributed by atoms with E-state index in [4.69, 9.17) is 17.3 Å². The Morgan fingerprint density at radius 1 is 1.40 bits per heavy atom. The second-order valence-corrected chi connectivity index (χ2v) is 5.98. The molecule has 1 saturated heterocycles. The molecule has 1 heterocycles. The van der Waals surface area contributed by atoms with Gasteiger partial charge in [0.2, 0.25) is 0 Å². The fraction of sp³-hybridized carbons (Fsp3) is 0.600. The second-order valence-electron chi connectivity index (χ2n) is 5.58. The summed E-state index contributed by atoms with van der Waals surface area (Å²) in [6.07, 6.45) is 3.07. The highest BCUT2D eigenvalue weighted by Gasteiger charge is 2.33.